The van der Waals surface area contributed by atoms with Gasteiger partial charge in [0.2, 0.25) is 0 Å². The molecule has 0 saturated carbocycles. The van der Waals surface area contributed by atoms with Gasteiger partial charge in [0.05, 0.1) is 13.2 Å². The zero-order valence-corrected chi connectivity index (χ0v) is 12.2. The molecule has 0 aliphatic rings. The van der Waals surface area contributed by atoms with Crippen molar-refractivity contribution in [2.75, 3.05) is 14.2 Å². The summed E-state index contributed by atoms with van der Waals surface area (Å²) < 4.78 is 5.19. The van der Waals surface area contributed by atoms with E-state index < -0.39 is 0 Å². The monoisotopic (exact) mass is 275 g/mol. The Bertz CT molecular complexity index is 551. The molecule has 0 fully saturated rings. The van der Waals surface area contributed by atoms with Crippen LogP contribution in [0.15, 0.2) is 42.5 Å². The van der Waals surface area contributed by atoms with Gasteiger partial charge in [0.25, 0.3) is 0 Å². The van der Waals surface area contributed by atoms with Crippen LogP contribution < -0.4 is 10.1 Å². The summed E-state index contributed by atoms with van der Waals surface area (Å²) in [6.45, 7) is 2.05. The van der Waals surface area contributed by atoms with E-state index in [-0.39, 0.29) is 6.04 Å². The molecule has 0 radical (unpaired) electrons. The van der Waals surface area contributed by atoms with Gasteiger partial charge in [-0.1, -0.05) is 35.9 Å². The molecule has 1 unspecified atom stereocenters. The first-order valence-electron chi connectivity index (χ1n) is 6.23. The Labute approximate surface area is 119 Å². The number of rotatable bonds is 4. The van der Waals surface area contributed by atoms with Gasteiger partial charge in [-0.05, 0) is 48.9 Å². The van der Waals surface area contributed by atoms with Crippen molar-refractivity contribution in [3.63, 3.8) is 0 Å². The number of hydrogen-bond donors (Lipinski definition) is 1. The highest BCUT2D eigenvalue weighted by molar-refractivity contribution is 6.31. The number of benzene rings is 2. The molecule has 1 atom stereocenters. The first-order valence-corrected chi connectivity index (χ1v) is 6.61. The second-order valence-electron chi connectivity index (χ2n) is 4.45. The fraction of sp³-hybridized carbons (Fsp3) is 0.250. The number of methoxy groups -OCH3 is 1. The van der Waals surface area contributed by atoms with Crippen LogP contribution in [0.3, 0.4) is 0 Å². The second-order valence-corrected chi connectivity index (χ2v) is 4.86. The van der Waals surface area contributed by atoms with Crippen LogP contribution in [0.5, 0.6) is 5.75 Å². The van der Waals surface area contributed by atoms with E-state index in [1.807, 2.05) is 38.2 Å². The number of halogens is 1. The van der Waals surface area contributed by atoms with E-state index >= 15 is 0 Å². The maximum Gasteiger partial charge on any atom is 0.118 e. The van der Waals surface area contributed by atoms with E-state index in [0.717, 1.165) is 16.3 Å². The highest BCUT2D eigenvalue weighted by atomic mass is 35.5. The average Bonchev–Trinajstić information content (AvgIpc) is 2.45. The molecule has 2 rings (SSSR count). The van der Waals surface area contributed by atoms with Gasteiger partial charge in [0, 0.05) is 5.02 Å². The van der Waals surface area contributed by atoms with Gasteiger partial charge >= 0.3 is 0 Å². The molecule has 0 aromatic heterocycles. The van der Waals surface area contributed by atoms with Crippen molar-refractivity contribution in [1.29, 1.82) is 0 Å². The van der Waals surface area contributed by atoms with Crippen molar-refractivity contribution in [1.82, 2.24) is 5.32 Å². The molecule has 1 N–H and O–H groups in total. The Balaban J connectivity index is 2.40. The van der Waals surface area contributed by atoms with E-state index in [2.05, 4.69) is 23.5 Å². The quantitative estimate of drug-likeness (QED) is 0.912. The molecule has 100 valence electrons. The molecule has 0 amide bonds. The van der Waals surface area contributed by atoms with Crippen molar-refractivity contribution in [2.24, 2.45) is 0 Å². The van der Waals surface area contributed by atoms with E-state index in [4.69, 9.17) is 16.3 Å². The second kappa shape index (κ2) is 6.09. The van der Waals surface area contributed by atoms with Crippen molar-refractivity contribution >= 4 is 11.6 Å². The molecule has 19 heavy (non-hydrogen) atoms. The molecule has 2 aromatic rings. The maximum atomic E-state index is 6.20. The minimum Gasteiger partial charge on any atom is -0.497 e. The van der Waals surface area contributed by atoms with E-state index in [1.54, 1.807) is 7.11 Å². The highest BCUT2D eigenvalue weighted by Gasteiger charge is 2.15. The van der Waals surface area contributed by atoms with Crippen LogP contribution in [0.1, 0.15) is 22.7 Å². The van der Waals surface area contributed by atoms with Gasteiger partial charge in [0.1, 0.15) is 5.75 Å². The lowest BCUT2D eigenvalue weighted by atomic mass is 9.95. The van der Waals surface area contributed by atoms with Crippen molar-refractivity contribution in [2.45, 2.75) is 13.0 Å². The summed E-state index contributed by atoms with van der Waals surface area (Å²) in [7, 11) is 3.63. The SMILES string of the molecule is CNC(c1ccc(OC)cc1)c1cccc(Cl)c1C. The van der Waals surface area contributed by atoms with Crippen LogP contribution in [-0.4, -0.2) is 14.2 Å². The smallest absolute Gasteiger partial charge is 0.118 e. The van der Waals surface area contributed by atoms with Crippen molar-refractivity contribution < 1.29 is 4.74 Å². The summed E-state index contributed by atoms with van der Waals surface area (Å²) in [5.41, 5.74) is 3.49. The summed E-state index contributed by atoms with van der Waals surface area (Å²) in [6, 6.07) is 14.2. The van der Waals surface area contributed by atoms with Gasteiger partial charge in [-0.25, -0.2) is 0 Å². The Kier molecular flexibility index (Phi) is 4.46. The minimum absolute atomic E-state index is 0.129. The van der Waals surface area contributed by atoms with E-state index in [9.17, 15) is 0 Å². The summed E-state index contributed by atoms with van der Waals surface area (Å²) in [4.78, 5) is 0. The summed E-state index contributed by atoms with van der Waals surface area (Å²) >= 11 is 6.20. The first-order chi connectivity index (χ1) is 9.17. The van der Waals surface area contributed by atoms with Crippen LogP contribution in [0.2, 0.25) is 5.02 Å². The van der Waals surface area contributed by atoms with Crippen molar-refractivity contribution in [3.8, 4) is 5.75 Å². The fourth-order valence-electron chi connectivity index (χ4n) is 2.23. The van der Waals surface area contributed by atoms with Gasteiger partial charge in [-0.3, -0.25) is 0 Å². The molecule has 2 aromatic carbocycles. The topological polar surface area (TPSA) is 21.3 Å². The predicted molar refractivity (Wildman–Crippen MR) is 80.1 cm³/mol. The Morgan fingerprint density at radius 3 is 2.37 bits per heavy atom. The van der Waals surface area contributed by atoms with Gasteiger partial charge < -0.3 is 10.1 Å². The number of ether oxygens (including phenoxy) is 1. The minimum atomic E-state index is 0.129. The third kappa shape index (κ3) is 2.91. The molecule has 3 heteroatoms. The van der Waals surface area contributed by atoms with Gasteiger partial charge in [-0.2, -0.15) is 0 Å². The molecule has 2 nitrogen and oxygen atoms in total. The largest absolute Gasteiger partial charge is 0.497 e. The third-order valence-electron chi connectivity index (χ3n) is 3.36. The zero-order chi connectivity index (χ0) is 13.8. The number of nitrogens with one attached hydrogen (secondary N) is 1. The third-order valence-corrected chi connectivity index (χ3v) is 3.77. The van der Waals surface area contributed by atoms with Crippen LogP contribution in [0.25, 0.3) is 0 Å². The lowest BCUT2D eigenvalue weighted by Crippen LogP contribution is -2.18. The normalized spacial score (nSPS) is 12.2. The summed E-state index contributed by atoms with van der Waals surface area (Å²) in [5.74, 6) is 0.862. The Hall–Kier alpha value is -1.51. The first kappa shape index (κ1) is 13.9. The van der Waals surface area contributed by atoms with Gasteiger partial charge in [0.15, 0.2) is 0 Å². The van der Waals surface area contributed by atoms with Crippen molar-refractivity contribution in [3.05, 3.63) is 64.2 Å². The standard InChI is InChI=1S/C16H18ClNO/c1-11-14(5-4-6-15(11)17)16(18-2)12-7-9-13(19-3)10-8-12/h4-10,16,18H,1-3H3. The van der Waals surface area contributed by atoms with Crippen LogP contribution in [-0.2, 0) is 0 Å². The van der Waals surface area contributed by atoms with E-state index in [0.29, 0.717) is 0 Å². The molecular formula is C16H18ClNO. The molecule has 0 spiro atoms. The molecule has 0 heterocycles. The molecule has 0 aliphatic heterocycles. The Morgan fingerprint density at radius 1 is 1.11 bits per heavy atom. The maximum absolute atomic E-state index is 6.20. The van der Waals surface area contributed by atoms with Gasteiger partial charge in [-0.15, -0.1) is 0 Å². The summed E-state index contributed by atoms with van der Waals surface area (Å²) in [6.07, 6.45) is 0. The zero-order valence-electron chi connectivity index (χ0n) is 11.4. The molecule has 0 bridgehead atoms. The highest BCUT2D eigenvalue weighted by Crippen LogP contribution is 2.29. The van der Waals surface area contributed by atoms with E-state index in [1.165, 1.54) is 11.1 Å². The average molecular weight is 276 g/mol. The molecule has 0 aliphatic carbocycles. The predicted octanol–water partition coefficient (Wildman–Crippen LogP) is 3.97. The lowest BCUT2D eigenvalue weighted by Gasteiger charge is -2.20. The molecule has 0 saturated heterocycles. The van der Waals surface area contributed by atoms with Crippen LogP contribution >= 0.6 is 11.6 Å². The van der Waals surface area contributed by atoms with Crippen LogP contribution in [0.4, 0.5) is 0 Å². The Morgan fingerprint density at radius 2 is 1.79 bits per heavy atom. The molecular weight excluding hydrogens is 258 g/mol. The fourth-order valence-corrected chi connectivity index (χ4v) is 2.42. The number of hydrogen-bond acceptors (Lipinski definition) is 2. The van der Waals surface area contributed by atoms with Crippen LogP contribution in [0, 0.1) is 6.92 Å². The summed E-state index contributed by atoms with van der Waals surface area (Å²) in [5, 5.41) is 4.14. The lowest BCUT2D eigenvalue weighted by molar-refractivity contribution is 0.414.